The van der Waals surface area contributed by atoms with Crippen molar-refractivity contribution in [3.63, 3.8) is 0 Å². The van der Waals surface area contributed by atoms with E-state index in [9.17, 15) is 0 Å². The second kappa shape index (κ2) is 10.1. The van der Waals surface area contributed by atoms with Crippen molar-refractivity contribution in [2.75, 3.05) is 45.9 Å². The number of ether oxygens (including phenoxy) is 3. The number of fused-ring (bicyclic) bond motifs is 1. The Hall–Kier alpha value is -2.38. The summed E-state index contributed by atoms with van der Waals surface area (Å²) in [6.45, 7) is 3.46. The van der Waals surface area contributed by atoms with E-state index >= 15 is 0 Å². The lowest BCUT2D eigenvalue weighted by molar-refractivity contribution is 0.0513. The molecule has 7 heteroatoms. The topological polar surface area (TPSA) is 64.1 Å². The van der Waals surface area contributed by atoms with Crippen LogP contribution in [0.25, 0.3) is 0 Å². The second-order valence-electron chi connectivity index (χ2n) is 7.47. The molecule has 4 rings (SSSR count). The van der Waals surface area contributed by atoms with Gasteiger partial charge in [-0.05, 0) is 42.7 Å². The molecule has 2 aromatic carbocycles. The first kappa shape index (κ1) is 20.9. The van der Waals surface area contributed by atoms with Gasteiger partial charge in [0.2, 0.25) is 6.79 Å². The zero-order chi connectivity index (χ0) is 20.7. The number of guanidine groups is 1. The Labute approximate surface area is 182 Å². The quantitative estimate of drug-likeness (QED) is 0.306. The smallest absolute Gasteiger partial charge is 0.231 e. The summed E-state index contributed by atoms with van der Waals surface area (Å²) in [6.07, 6.45) is 1.92. The van der Waals surface area contributed by atoms with Gasteiger partial charge in [0.25, 0.3) is 0 Å². The normalized spacial score (nSPS) is 17.6. The molecule has 6 nitrogen and oxygen atoms in total. The van der Waals surface area contributed by atoms with Gasteiger partial charge in [-0.1, -0.05) is 24.3 Å². The van der Waals surface area contributed by atoms with Crippen LogP contribution in [0.5, 0.6) is 11.5 Å². The molecule has 1 fully saturated rings. The summed E-state index contributed by atoms with van der Waals surface area (Å²) in [6, 6.07) is 16.8. The first-order valence-corrected chi connectivity index (χ1v) is 11.4. The van der Waals surface area contributed by atoms with Crippen LogP contribution in [0.1, 0.15) is 18.4 Å². The monoisotopic (exact) mass is 427 g/mol. The molecule has 0 aliphatic carbocycles. The van der Waals surface area contributed by atoms with Gasteiger partial charge in [0.1, 0.15) is 0 Å². The van der Waals surface area contributed by atoms with E-state index in [1.807, 2.05) is 30.9 Å². The summed E-state index contributed by atoms with van der Waals surface area (Å²) in [5, 5.41) is 6.98. The first-order valence-electron chi connectivity index (χ1n) is 10.4. The highest BCUT2D eigenvalue weighted by Gasteiger charge is 2.35. The summed E-state index contributed by atoms with van der Waals surface area (Å²) in [7, 11) is 1.82. The number of aliphatic imine (C=N–C) groups is 1. The number of nitrogens with one attached hydrogen (secondary N) is 2. The van der Waals surface area contributed by atoms with E-state index < -0.39 is 0 Å². The maximum absolute atomic E-state index is 5.66. The van der Waals surface area contributed by atoms with Crippen LogP contribution in [0, 0.1) is 0 Å². The van der Waals surface area contributed by atoms with Gasteiger partial charge < -0.3 is 24.8 Å². The Kier molecular flexibility index (Phi) is 7.02. The molecule has 0 amide bonds. The average molecular weight is 428 g/mol. The van der Waals surface area contributed by atoms with Crippen LogP contribution >= 0.6 is 11.8 Å². The molecule has 0 radical (unpaired) electrons. The van der Waals surface area contributed by atoms with Gasteiger partial charge in [0.15, 0.2) is 17.5 Å². The van der Waals surface area contributed by atoms with Crippen LogP contribution in [0.3, 0.4) is 0 Å². The fourth-order valence-electron chi connectivity index (χ4n) is 3.88. The zero-order valence-corrected chi connectivity index (χ0v) is 18.2. The number of thioether (sulfide) groups is 1. The lowest BCUT2D eigenvalue weighted by Gasteiger charge is -2.38. The van der Waals surface area contributed by atoms with Gasteiger partial charge in [0.05, 0.1) is 0 Å². The minimum atomic E-state index is -0.0182. The molecule has 2 N–H and O–H groups in total. The molecule has 30 heavy (non-hydrogen) atoms. The fraction of sp³-hybridized carbons (Fsp3) is 0.435. The van der Waals surface area contributed by atoms with E-state index in [-0.39, 0.29) is 5.41 Å². The number of nitrogens with zero attached hydrogens (tertiary/aromatic N) is 1. The molecule has 160 valence electrons. The Morgan fingerprint density at radius 3 is 2.63 bits per heavy atom. The number of benzene rings is 2. The maximum Gasteiger partial charge on any atom is 0.231 e. The second-order valence-corrected chi connectivity index (χ2v) is 8.64. The third kappa shape index (κ3) is 5.02. The standard InChI is InChI=1S/C23H29N3O3S/c1-24-22(25-11-14-30-19-5-3-2-4-6-19)26-16-23(9-12-27-13-10-23)18-7-8-20-21(15-18)29-17-28-20/h2-8,15H,9-14,16-17H2,1H3,(H2,24,25,26). The first-order chi connectivity index (χ1) is 14.8. The van der Waals surface area contributed by atoms with Crippen LogP contribution in [0.2, 0.25) is 0 Å². The highest BCUT2D eigenvalue weighted by atomic mass is 32.2. The maximum atomic E-state index is 5.66. The van der Waals surface area contributed by atoms with Crippen molar-refractivity contribution >= 4 is 17.7 Å². The molecular formula is C23H29N3O3S. The van der Waals surface area contributed by atoms with E-state index in [1.54, 1.807) is 0 Å². The van der Waals surface area contributed by atoms with Crippen LogP contribution in [-0.4, -0.2) is 51.9 Å². The van der Waals surface area contributed by atoms with E-state index in [1.165, 1.54) is 10.5 Å². The van der Waals surface area contributed by atoms with Crippen LogP contribution in [0.4, 0.5) is 0 Å². The molecule has 0 spiro atoms. The molecule has 0 aromatic heterocycles. The molecule has 2 heterocycles. The van der Waals surface area contributed by atoms with Crippen LogP contribution in [0.15, 0.2) is 58.4 Å². The SMILES string of the molecule is CN=C(NCCSc1ccccc1)NCC1(c2ccc3c(c2)OCO3)CCOCC1. The molecule has 2 aromatic rings. The van der Waals surface area contributed by atoms with E-state index in [0.29, 0.717) is 6.79 Å². The molecule has 0 bridgehead atoms. The summed E-state index contributed by atoms with van der Waals surface area (Å²) < 4.78 is 16.8. The Balaban J connectivity index is 1.34. The minimum Gasteiger partial charge on any atom is -0.454 e. The number of hydrogen-bond acceptors (Lipinski definition) is 5. The van der Waals surface area contributed by atoms with Gasteiger partial charge in [-0.15, -0.1) is 11.8 Å². The Morgan fingerprint density at radius 2 is 1.83 bits per heavy atom. The number of rotatable bonds is 7. The summed E-state index contributed by atoms with van der Waals surface area (Å²) >= 11 is 1.84. The van der Waals surface area contributed by atoms with Gasteiger partial charge in [-0.25, -0.2) is 0 Å². The van der Waals surface area contributed by atoms with E-state index in [2.05, 4.69) is 52.0 Å². The zero-order valence-electron chi connectivity index (χ0n) is 17.4. The summed E-state index contributed by atoms with van der Waals surface area (Å²) in [5.41, 5.74) is 1.24. The average Bonchev–Trinajstić information content (AvgIpc) is 3.28. The third-order valence-corrected chi connectivity index (χ3v) is 6.67. The lowest BCUT2D eigenvalue weighted by atomic mass is 9.74. The van der Waals surface area contributed by atoms with Gasteiger partial charge in [0, 0.05) is 49.4 Å². The summed E-state index contributed by atoms with van der Waals surface area (Å²) in [4.78, 5) is 5.69. The van der Waals surface area contributed by atoms with Crippen molar-refractivity contribution in [3.05, 3.63) is 54.1 Å². The largest absolute Gasteiger partial charge is 0.454 e. The summed E-state index contributed by atoms with van der Waals surface area (Å²) in [5.74, 6) is 3.46. The molecule has 2 aliphatic heterocycles. The predicted octanol–water partition coefficient (Wildman–Crippen LogP) is 3.42. The number of hydrogen-bond donors (Lipinski definition) is 2. The Bertz CT molecular complexity index is 854. The van der Waals surface area contributed by atoms with E-state index in [0.717, 1.165) is 62.4 Å². The lowest BCUT2D eigenvalue weighted by Crippen LogP contribution is -2.48. The Morgan fingerprint density at radius 1 is 1.03 bits per heavy atom. The minimum absolute atomic E-state index is 0.0182. The molecule has 0 saturated carbocycles. The van der Waals surface area contributed by atoms with Crippen LogP contribution in [-0.2, 0) is 10.2 Å². The molecule has 0 atom stereocenters. The van der Waals surface area contributed by atoms with E-state index in [4.69, 9.17) is 14.2 Å². The fourth-order valence-corrected chi connectivity index (χ4v) is 4.67. The molecular weight excluding hydrogens is 398 g/mol. The highest BCUT2D eigenvalue weighted by Crippen LogP contribution is 2.40. The third-order valence-electron chi connectivity index (χ3n) is 5.66. The van der Waals surface area contributed by atoms with Crippen molar-refractivity contribution in [2.45, 2.75) is 23.2 Å². The predicted molar refractivity (Wildman–Crippen MR) is 121 cm³/mol. The molecule has 1 saturated heterocycles. The van der Waals surface area contributed by atoms with Crippen molar-refractivity contribution in [3.8, 4) is 11.5 Å². The van der Waals surface area contributed by atoms with Crippen molar-refractivity contribution in [2.24, 2.45) is 4.99 Å². The van der Waals surface area contributed by atoms with Crippen molar-refractivity contribution < 1.29 is 14.2 Å². The molecule has 2 aliphatic rings. The van der Waals surface area contributed by atoms with Crippen molar-refractivity contribution in [1.82, 2.24) is 10.6 Å². The van der Waals surface area contributed by atoms with Gasteiger partial charge >= 0.3 is 0 Å². The van der Waals surface area contributed by atoms with Crippen LogP contribution < -0.4 is 20.1 Å². The highest BCUT2D eigenvalue weighted by molar-refractivity contribution is 7.99. The van der Waals surface area contributed by atoms with Crippen molar-refractivity contribution in [1.29, 1.82) is 0 Å². The molecule has 0 unspecified atom stereocenters. The van der Waals surface area contributed by atoms with Gasteiger partial charge in [-0.3, -0.25) is 4.99 Å². The van der Waals surface area contributed by atoms with Gasteiger partial charge in [-0.2, -0.15) is 0 Å².